The van der Waals surface area contributed by atoms with Gasteiger partial charge in [-0.05, 0) is 36.2 Å². The molecule has 7 heteroatoms. The average molecular weight is 365 g/mol. The number of fused-ring (bicyclic) bond motifs is 1. The molecule has 0 fully saturated rings. The second kappa shape index (κ2) is 7.39. The van der Waals surface area contributed by atoms with E-state index in [0.29, 0.717) is 16.5 Å². The molecule has 2 rings (SSSR count). The van der Waals surface area contributed by atoms with Gasteiger partial charge in [0.2, 0.25) is 5.91 Å². The molecule has 1 atom stereocenters. The SMILES string of the molecule is COC(=O)c1c(NC(=O)C=CC(=O)O)sc2c1CCC(C(C)(C)C)C2. The maximum Gasteiger partial charge on any atom is 0.341 e. The molecule has 1 aromatic heterocycles. The lowest BCUT2D eigenvalue weighted by Gasteiger charge is -2.33. The number of carbonyl (C=O) groups is 3. The molecule has 1 amide bonds. The number of carboxylic acid groups (broad SMARTS) is 1. The summed E-state index contributed by atoms with van der Waals surface area (Å²) in [5.74, 6) is -1.77. The van der Waals surface area contributed by atoms with E-state index in [9.17, 15) is 14.4 Å². The number of hydrogen-bond acceptors (Lipinski definition) is 5. The summed E-state index contributed by atoms with van der Waals surface area (Å²) in [4.78, 5) is 35.7. The first-order chi connectivity index (χ1) is 11.6. The topological polar surface area (TPSA) is 92.7 Å². The molecule has 6 nitrogen and oxygen atoms in total. The third-order valence-electron chi connectivity index (χ3n) is 4.49. The fourth-order valence-electron chi connectivity index (χ4n) is 3.03. The van der Waals surface area contributed by atoms with Gasteiger partial charge in [0.1, 0.15) is 5.00 Å². The van der Waals surface area contributed by atoms with Gasteiger partial charge in [-0.25, -0.2) is 9.59 Å². The minimum absolute atomic E-state index is 0.167. The minimum atomic E-state index is -1.21. The highest BCUT2D eigenvalue weighted by Gasteiger charge is 2.34. The molecule has 0 aromatic carbocycles. The van der Waals surface area contributed by atoms with Gasteiger partial charge in [-0.1, -0.05) is 20.8 Å². The van der Waals surface area contributed by atoms with Crippen molar-refractivity contribution in [2.24, 2.45) is 11.3 Å². The summed E-state index contributed by atoms with van der Waals surface area (Å²) in [5.41, 5.74) is 1.50. The van der Waals surface area contributed by atoms with Crippen LogP contribution in [0.25, 0.3) is 0 Å². The van der Waals surface area contributed by atoms with E-state index in [1.807, 2.05) is 0 Å². The van der Waals surface area contributed by atoms with Crippen molar-refractivity contribution in [3.63, 3.8) is 0 Å². The van der Waals surface area contributed by atoms with Crippen LogP contribution in [-0.4, -0.2) is 30.1 Å². The first-order valence-electron chi connectivity index (χ1n) is 8.08. The molecular weight excluding hydrogens is 342 g/mol. The molecule has 1 heterocycles. The van der Waals surface area contributed by atoms with Crippen LogP contribution < -0.4 is 5.32 Å². The van der Waals surface area contributed by atoms with Gasteiger partial charge >= 0.3 is 11.9 Å². The highest BCUT2D eigenvalue weighted by atomic mass is 32.1. The molecule has 25 heavy (non-hydrogen) atoms. The normalized spacial score (nSPS) is 17.2. The van der Waals surface area contributed by atoms with Gasteiger partial charge < -0.3 is 15.2 Å². The second-order valence-electron chi connectivity index (χ2n) is 7.17. The average Bonchev–Trinajstić information content (AvgIpc) is 2.88. The van der Waals surface area contributed by atoms with Crippen molar-refractivity contribution >= 4 is 34.2 Å². The lowest BCUT2D eigenvalue weighted by atomic mass is 9.72. The monoisotopic (exact) mass is 365 g/mol. The van der Waals surface area contributed by atoms with Crippen molar-refractivity contribution in [2.75, 3.05) is 12.4 Å². The summed E-state index contributed by atoms with van der Waals surface area (Å²) in [6, 6.07) is 0. The van der Waals surface area contributed by atoms with Gasteiger partial charge in [0.05, 0.1) is 12.7 Å². The van der Waals surface area contributed by atoms with E-state index in [-0.39, 0.29) is 5.41 Å². The molecule has 0 spiro atoms. The van der Waals surface area contributed by atoms with Crippen molar-refractivity contribution in [2.45, 2.75) is 40.0 Å². The summed E-state index contributed by atoms with van der Waals surface area (Å²) in [6.45, 7) is 6.62. The Morgan fingerprint density at radius 1 is 1.28 bits per heavy atom. The van der Waals surface area contributed by atoms with Crippen LogP contribution in [0.5, 0.6) is 0 Å². The van der Waals surface area contributed by atoms with Crippen molar-refractivity contribution in [3.05, 3.63) is 28.2 Å². The van der Waals surface area contributed by atoms with Crippen LogP contribution in [0.3, 0.4) is 0 Å². The number of ether oxygens (including phenoxy) is 1. The van der Waals surface area contributed by atoms with Crippen LogP contribution in [0, 0.1) is 11.3 Å². The van der Waals surface area contributed by atoms with E-state index >= 15 is 0 Å². The first-order valence-corrected chi connectivity index (χ1v) is 8.90. The van der Waals surface area contributed by atoms with Crippen LogP contribution in [-0.2, 0) is 27.2 Å². The number of thiophene rings is 1. The Labute approximate surface area is 150 Å². The first kappa shape index (κ1) is 19.2. The van der Waals surface area contributed by atoms with Gasteiger partial charge in [0.25, 0.3) is 0 Å². The van der Waals surface area contributed by atoms with Crippen molar-refractivity contribution in [3.8, 4) is 0 Å². The Bertz CT molecular complexity index is 727. The highest BCUT2D eigenvalue weighted by Crippen LogP contribution is 2.44. The summed E-state index contributed by atoms with van der Waals surface area (Å²) >= 11 is 1.37. The summed E-state index contributed by atoms with van der Waals surface area (Å²) in [6.07, 6.45) is 4.28. The lowest BCUT2D eigenvalue weighted by molar-refractivity contribution is -0.131. The maximum absolute atomic E-state index is 12.2. The number of hydrogen-bond donors (Lipinski definition) is 2. The number of rotatable bonds is 4. The van der Waals surface area contributed by atoms with Crippen LogP contribution in [0.2, 0.25) is 0 Å². The molecule has 136 valence electrons. The third-order valence-corrected chi connectivity index (χ3v) is 5.66. The lowest BCUT2D eigenvalue weighted by Crippen LogP contribution is -2.26. The number of nitrogens with one attached hydrogen (secondary N) is 1. The maximum atomic E-state index is 12.2. The van der Waals surface area contributed by atoms with Crippen LogP contribution in [0.4, 0.5) is 5.00 Å². The minimum Gasteiger partial charge on any atom is -0.478 e. The smallest absolute Gasteiger partial charge is 0.341 e. The Kier molecular flexibility index (Phi) is 5.67. The summed E-state index contributed by atoms with van der Waals surface area (Å²) in [5, 5.41) is 11.7. The molecular formula is C18H23NO5S. The van der Waals surface area contributed by atoms with Crippen LogP contribution in [0.1, 0.15) is 48.0 Å². The number of methoxy groups -OCH3 is 1. The van der Waals surface area contributed by atoms with Crippen molar-refractivity contribution < 1.29 is 24.2 Å². The largest absolute Gasteiger partial charge is 0.478 e. The zero-order chi connectivity index (χ0) is 18.8. The van der Waals surface area contributed by atoms with E-state index in [0.717, 1.165) is 41.9 Å². The fraction of sp³-hybridized carbons (Fsp3) is 0.500. The molecule has 1 unspecified atom stereocenters. The molecule has 1 aliphatic carbocycles. The van der Waals surface area contributed by atoms with E-state index < -0.39 is 17.8 Å². The molecule has 0 aliphatic heterocycles. The van der Waals surface area contributed by atoms with E-state index in [1.165, 1.54) is 18.4 Å². The quantitative estimate of drug-likeness (QED) is 0.631. The van der Waals surface area contributed by atoms with Gasteiger partial charge in [-0.3, -0.25) is 4.79 Å². The molecule has 1 aliphatic rings. The fourth-order valence-corrected chi connectivity index (χ4v) is 4.35. The Hall–Kier alpha value is -2.15. The Morgan fingerprint density at radius 2 is 1.96 bits per heavy atom. The van der Waals surface area contributed by atoms with Crippen LogP contribution in [0.15, 0.2) is 12.2 Å². The summed E-state index contributed by atoms with van der Waals surface area (Å²) in [7, 11) is 1.31. The van der Waals surface area contributed by atoms with Gasteiger partial charge in [0.15, 0.2) is 0 Å². The van der Waals surface area contributed by atoms with E-state index in [4.69, 9.17) is 9.84 Å². The third kappa shape index (κ3) is 4.48. The standard InChI is InChI=1S/C18H23NO5S/c1-18(2,3)10-5-6-11-12(9-10)25-16(15(11)17(23)24-4)19-13(20)7-8-14(21)22/h7-8,10H,5-6,9H2,1-4H3,(H,19,20)(H,21,22). The van der Waals surface area contributed by atoms with Crippen LogP contribution >= 0.6 is 11.3 Å². The molecule has 0 saturated heterocycles. The summed E-state index contributed by atoms with van der Waals surface area (Å²) < 4.78 is 4.88. The number of carboxylic acids is 1. The number of esters is 1. The second-order valence-corrected chi connectivity index (χ2v) is 8.27. The van der Waals surface area contributed by atoms with Gasteiger partial charge in [-0.2, -0.15) is 0 Å². The van der Waals surface area contributed by atoms with E-state index in [2.05, 4.69) is 26.1 Å². The number of anilines is 1. The highest BCUT2D eigenvalue weighted by molar-refractivity contribution is 7.17. The predicted molar refractivity (Wildman–Crippen MR) is 96.0 cm³/mol. The zero-order valence-electron chi connectivity index (χ0n) is 14.8. The molecule has 1 aromatic rings. The van der Waals surface area contributed by atoms with E-state index in [1.54, 1.807) is 0 Å². The zero-order valence-corrected chi connectivity index (χ0v) is 15.7. The van der Waals surface area contributed by atoms with Crippen molar-refractivity contribution in [1.29, 1.82) is 0 Å². The molecule has 0 bridgehead atoms. The number of aliphatic carboxylic acids is 1. The molecule has 0 radical (unpaired) electrons. The van der Waals surface area contributed by atoms with Gasteiger partial charge in [0, 0.05) is 17.0 Å². The van der Waals surface area contributed by atoms with Crippen molar-refractivity contribution in [1.82, 2.24) is 0 Å². The number of amides is 1. The predicted octanol–water partition coefficient (Wildman–Crippen LogP) is 3.27. The van der Waals surface area contributed by atoms with Gasteiger partial charge in [-0.15, -0.1) is 11.3 Å². The molecule has 2 N–H and O–H groups in total. The Balaban J connectivity index is 2.34. The molecule has 0 saturated carbocycles. The number of carbonyl (C=O) groups excluding carboxylic acids is 2. The Morgan fingerprint density at radius 3 is 2.52 bits per heavy atom.